The molecule has 0 aliphatic carbocycles. The number of aromatic nitrogens is 2. The van der Waals surface area contributed by atoms with E-state index in [1.54, 1.807) is 19.2 Å². The number of anilines is 1. The molecule has 0 aliphatic rings. The third kappa shape index (κ3) is 4.49. The fourth-order valence-corrected chi connectivity index (χ4v) is 4.21. The first-order valence-electron chi connectivity index (χ1n) is 9.73. The molecule has 0 aliphatic heterocycles. The predicted molar refractivity (Wildman–Crippen MR) is 118 cm³/mol. The Hall–Kier alpha value is -3.52. The van der Waals surface area contributed by atoms with Crippen LogP contribution < -0.4 is 5.32 Å². The summed E-state index contributed by atoms with van der Waals surface area (Å²) in [6, 6.07) is 10.7. The SMILES string of the molecule is CCOC(=O)c1c(-c2ccc(C)cc2)csc1NC(=O)Cc1cn2cc(F)ccc2n1. The van der Waals surface area contributed by atoms with Gasteiger partial charge < -0.3 is 14.5 Å². The summed E-state index contributed by atoms with van der Waals surface area (Å²) in [5, 5.41) is 5.07. The van der Waals surface area contributed by atoms with E-state index in [0.717, 1.165) is 11.1 Å². The molecule has 158 valence electrons. The molecule has 0 spiro atoms. The number of esters is 1. The van der Waals surface area contributed by atoms with E-state index in [9.17, 15) is 14.0 Å². The van der Waals surface area contributed by atoms with Crippen LogP contribution in [-0.4, -0.2) is 27.9 Å². The number of imidazole rings is 1. The molecule has 0 saturated heterocycles. The third-order valence-electron chi connectivity index (χ3n) is 4.69. The number of nitrogens with zero attached hydrogens (tertiary/aromatic N) is 2. The van der Waals surface area contributed by atoms with E-state index in [2.05, 4.69) is 10.3 Å². The maximum Gasteiger partial charge on any atom is 0.341 e. The lowest BCUT2D eigenvalue weighted by Crippen LogP contribution is -2.16. The van der Waals surface area contributed by atoms with Gasteiger partial charge in [0.25, 0.3) is 0 Å². The molecule has 3 heterocycles. The summed E-state index contributed by atoms with van der Waals surface area (Å²) >= 11 is 1.27. The van der Waals surface area contributed by atoms with Crippen molar-refractivity contribution >= 4 is 33.9 Å². The topological polar surface area (TPSA) is 72.7 Å². The molecule has 31 heavy (non-hydrogen) atoms. The summed E-state index contributed by atoms with van der Waals surface area (Å²) in [4.78, 5) is 29.7. The lowest BCUT2D eigenvalue weighted by molar-refractivity contribution is -0.115. The normalized spacial score (nSPS) is 10.9. The number of nitrogens with one attached hydrogen (secondary N) is 1. The van der Waals surface area contributed by atoms with Crippen molar-refractivity contribution in [3.05, 3.63) is 76.8 Å². The van der Waals surface area contributed by atoms with Gasteiger partial charge >= 0.3 is 5.97 Å². The van der Waals surface area contributed by atoms with Crippen LogP contribution in [0.25, 0.3) is 16.8 Å². The van der Waals surface area contributed by atoms with Crippen LogP contribution in [0.5, 0.6) is 0 Å². The number of fused-ring (bicyclic) bond motifs is 1. The van der Waals surface area contributed by atoms with Gasteiger partial charge in [-0.3, -0.25) is 4.79 Å². The largest absolute Gasteiger partial charge is 0.462 e. The molecule has 0 atom stereocenters. The van der Waals surface area contributed by atoms with Crippen LogP contribution in [0.15, 0.2) is 54.2 Å². The van der Waals surface area contributed by atoms with E-state index in [4.69, 9.17) is 4.74 Å². The van der Waals surface area contributed by atoms with Crippen LogP contribution in [0.3, 0.4) is 0 Å². The minimum Gasteiger partial charge on any atom is -0.462 e. The number of pyridine rings is 1. The number of thiophene rings is 1. The van der Waals surface area contributed by atoms with Crippen molar-refractivity contribution < 1.29 is 18.7 Å². The smallest absolute Gasteiger partial charge is 0.341 e. The lowest BCUT2D eigenvalue weighted by atomic mass is 10.0. The number of carbonyl (C=O) groups excluding carboxylic acids is 2. The second-order valence-corrected chi connectivity index (χ2v) is 7.89. The molecule has 4 aromatic rings. The first kappa shape index (κ1) is 20.7. The Morgan fingerprint density at radius 1 is 1.16 bits per heavy atom. The number of ether oxygens (including phenoxy) is 1. The molecule has 0 saturated carbocycles. The average Bonchev–Trinajstić information content (AvgIpc) is 3.31. The average molecular weight is 437 g/mol. The summed E-state index contributed by atoms with van der Waals surface area (Å²) in [6.45, 7) is 3.95. The van der Waals surface area contributed by atoms with Crippen molar-refractivity contribution in [3.8, 4) is 11.1 Å². The Kier molecular flexibility index (Phi) is 5.81. The van der Waals surface area contributed by atoms with Crippen molar-refractivity contribution in [2.45, 2.75) is 20.3 Å². The number of benzene rings is 1. The Bertz CT molecular complexity index is 1260. The fourth-order valence-electron chi connectivity index (χ4n) is 3.24. The number of hydrogen-bond acceptors (Lipinski definition) is 5. The summed E-state index contributed by atoms with van der Waals surface area (Å²) in [5.74, 6) is -1.20. The molecule has 1 aromatic carbocycles. The standard InChI is InChI=1S/C23H20FN3O3S/c1-3-30-23(29)21-18(15-6-4-14(2)5-7-15)13-31-22(21)26-20(28)10-17-12-27-11-16(24)8-9-19(27)25-17/h4-9,11-13H,3,10H2,1-2H3,(H,26,28). The quantitative estimate of drug-likeness (QED) is 0.437. The van der Waals surface area contributed by atoms with E-state index >= 15 is 0 Å². The van der Waals surface area contributed by atoms with E-state index < -0.39 is 5.97 Å². The van der Waals surface area contributed by atoms with Crippen LogP contribution in [0.1, 0.15) is 28.5 Å². The van der Waals surface area contributed by atoms with Gasteiger partial charge in [-0.05, 0) is 31.5 Å². The van der Waals surface area contributed by atoms with E-state index in [1.165, 1.54) is 28.0 Å². The van der Waals surface area contributed by atoms with Gasteiger partial charge in [0.2, 0.25) is 5.91 Å². The Balaban J connectivity index is 1.59. The Morgan fingerprint density at radius 3 is 2.68 bits per heavy atom. The highest BCUT2D eigenvalue weighted by atomic mass is 32.1. The van der Waals surface area contributed by atoms with Crippen molar-refractivity contribution in [1.29, 1.82) is 0 Å². The zero-order chi connectivity index (χ0) is 22.0. The van der Waals surface area contributed by atoms with E-state index in [1.807, 2.05) is 36.6 Å². The van der Waals surface area contributed by atoms with Gasteiger partial charge in [0.1, 0.15) is 22.0 Å². The predicted octanol–water partition coefficient (Wildman–Crippen LogP) is 4.87. The van der Waals surface area contributed by atoms with Crippen LogP contribution in [0.2, 0.25) is 0 Å². The lowest BCUT2D eigenvalue weighted by Gasteiger charge is -2.09. The van der Waals surface area contributed by atoms with Gasteiger partial charge in [-0.1, -0.05) is 29.8 Å². The number of carbonyl (C=O) groups is 2. The minimum atomic E-state index is -0.488. The number of hydrogen-bond donors (Lipinski definition) is 1. The highest BCUT2D eigenvalue weighted by molar-refractivity contribution is 7.15. The molecule has 4 rings (SSSR count). The molecule has 0 bridgehead atoms. The molecule has 1 N–H and O–H groups in total. The van der Waals surface area contributed by atoms with Crippen molar-refractivity contribution in [2.24, 2.45) is 0 Å². The summed E-state index contributed by atoms with van der Waals surface area (Å²) in [7, 11) is 0. The summed E-state index contributed by atoms with van der Waals surface area (Å²) in [5.41, 5.74) is 4.07. The first-order valence-corrected chi connectivity index (χ1v) is 10.6. The zero-order valence-corrected chi connectivity index (χ0v) is 17.8. The molecule has 0 fully saturated rings. The Labute approximate surface area is 182 Å². The van der Waals surface area contributed by atoms with Gasteiger partial charge in [-0.25, -0.2) is 14.2 Å². The van der Waals surface area contributed by atoms with Crippen LogP contribution in [0.4, 0.5) is 9.39 Å². The molecule has 6 nitrogen and oxygen atoms in total. The second kappa shape index (κ2) is 8.69. The number of halogens is 1. The Morgan fingerprint density at radius 2 is 1.94 bits per heavy atom. The highest BCUT2D eigenvalue weighted by Gasteiger charge is 2.23. The molecular weight excluding hydrogens is 417 g/mol. The van der Waals surface area contributed by atoms with E-state index in [-0.39, 0.29) is 24.8 Å². The molecule has 0 radical (unpaired) electrons. The van der Waals surface area contributed by atoms with Crippen molar-refractivity contribution in [3.63, 3.8) is 0 Å². The van der Waals surface area contributed by atoms with Crippen molar-refractivity contribution in [1.82, 2.24) is 9.38 Å². The van der Waals surface area contributed by atoms with Crippen molar-refractivity contribution in [2.75, 3.05) is 11.9 Å². The van der Waals surface area contributed by atoms with E-state index in [0.29, 0.717) is 27.5 Å². The van der Waals surface area contributed by atoms with Crippen LogP contribution >= 0.6 is 11.3 Å². The zero-order valence-electron chi connectivity index (χ0n) is 17.0. The maximum atomic E-state index is 13.4. The maximum absolute atomic E-state index is 13.4. The summed E-state index contributed by atoms with van der Waals surface area (Å²) in [6.07, 6.45) is 2.90. The molecule has 0 unspecified atom stereocenters. The van der Waals surface area contributed by atoms with Gasteiger partial charge in [0, 0.05) is 23.3 Å². The molecule has 8 heteroatoms. The second-order valence-electron chi connectivity index (χ2n) is 7.01. The summed E-state index contributed by atoms with van der Waals surface area (Å²) < 4.78 is 20.1. The highest BCUT2D eigenvalue weighted by Crippen LogP contribution is 2.36. The van der Waals surface area contributed by atoms with Gasteiger partial charge in [-0.15, -0.1) is 11.3 Å². The van der Waals surface area contributed by atoms with Crippen LogP contribution in [-0.2, 0) is 16.0 Å². The van der Waals surface area contributed by atoms with Gasteiger partial charge in [0.05, 0.1) is 18.7 Å². The fraction of sp³-hybridized carbons (Fsp3) is 0.174. The van der Waals surface area contributed by atoms with Gasteiger partial charge in [0.15, 0.2) is 0 Å². The monoisotopic (exact) mass is 437 g/mol. The molecule has 3 aromatic heterocycles. The minimum absolute atomic E-state index is 0.0106. The third-order valence-corrected chi connectivity index (χ3v) is 5.59. The number of amides is 1. The van der Waals surface area contributed by atoms with Gasteiger partial charge in [-0.2, -0.15) is 0 Å². The molecule has 1 amide bonds. The van der Waals surface area contributed by atoms with Crippen LogP contribution in [0, 0.1) is 12.7 Å². The number of rotatable bonds is 6. The molecular formula is C23H20FN3O3S. The first-order chi connectivity index (χ1) is 14.9. The number of aryl methyl sites for hydroxylation is 1.